The fourth-order valence-corrected chi connectivity index (χ4v) is 2.94. The predicted molar refractivity (Wildman–Crippen MR) is 50.3 cm³/mol. The van der Waals surface area contributed by atoms with Crippen molar-refractivity contribution in [1.82, 2.24) is 0 Å². The maximum Gasteiger partial charge on any atom is -0.0335 e. The van der Waals surface area contributed by atoms with Crippen LogP contribution in [0.25, 0.3) is 0 Å². The van der Waals surface area contributed by atoms with E-state index < -0.39 is 6.89 Å². The molecule has 0 saturated carbocycles. The molecular formula is C8H19P. The molecule has 0 spiro atoms. The minimum atomic E-state index is -0.556. The van der Waals surface area contributed by atoms with Crippen molar-refractivity contribution in [3.8, 4) is 0 Å². The third kappa shape index (κ3) is 3.11. The maximum atomic E-state index is 2.44. The van der Waals surface area contributed by atoms with Gasteiger partial charge in [0.15, 0.2) is 0 Å². The summed E-state index contributed by atoms with van der Waals surface area (Å²) in [5.74, 6) is 2.44. The van der Waals surface area contributed by atoms with Crippen LogP contribution in [-0.4, -0.2) is 24.8 Å². The summed E-state index contributed by atoms with van der Waals surface area (Å²) in [7, 11) is 0. The van der Waals surface area contributed by atoms with E-state index in [-0.39, 0.29) is 0 Å². The van der Waals surface area contributed by atoms with Crippen LogP contribution in [0, 0.1) is 0 Å². The first-order chi connectivity index (χ1) is 4.18. The average molecular weight is 146 g/mol. The van der Waals surface area contributed by atoms with Crippen molar-refractivity contribution < 1.29 is 0 Å². The Bertz CT molecular complexity index is 114. The van der Waals surface area contributed by atoms with E-state index in [1.54, 1.807) is 0 Å². The molecule has 0 rings (SSSR count). The molecule has 56 valence electrons. The quantitative estimate of drug-likeness (QED) is 0.537. The van der Waals surface area contributed by atoms with Gasteiger partial charge in [0.2, 0.25) is 0 Å². The van der Waals surface area contributed by atoms with E-state index in [0.29, 0.717) is 0 Å². The Hall–Kier alpha value is 0.300. The van der Waals surface area contributed by atoms with Gasteiger partial charge in [-0.1, -0.05) is 26.1 Å². The van der Waals surface area contributed by atoms with Gasteiger partial charge >= 0.3 is 0 Å². The molecule has 0 heterocycles. The Balaban J connectivity index is 3.95. The van der Waals surface area contributed by atoms with Gasteiger partial charge in [0.25, 0.3) is 0 Å². The maximum absolute atomic E-state index is 2.44. The third-order valence-electron chi connectivity index (χ3n) is 2.08. The lowest BCUT2D eigenvalue weighted by molar-refractivity contribution is 1.09. The zero-order valence-electron chi connectivity index (χ0n) is 7.15. The van der Waals surface area contributed by atoms with Gasteiger partial charge in [0.1, 0.15) is 0 Å². The van der Waals surface area contributed by atoms with E-state index in [2.05, 4.69) is 33.2 Å². The van der Waals surface area contributed by atoms with Gasteiger partial charge in [-0.2, -0.15) is 0 Å². The van der Waals surface area contributed by atoms with Crippen molar-refractivity contribution in [2.45, 2.75) is 27.2 Å². The molecule has 0 saturated heterocycles. The molecule has 0 aliphatic carbocycles. The molecule has 0 radical (unpaired) electrons. The van der Waals surface area contributed by atoms with Gasteiger partial charge in [-0.3, -0.25) is 0 Å². The molecule has 0 N–H and O–H groups in total. The lowest BCUT2D eigenvalue weighted by Crippen LogP contribution is -1.91. The highest BCUT2D eigenvalue weighted by Crippen LogP contribution is 2.41. The molecule has 0 aliphatic heterocycles. The fraction of sp³-hybridized carbons (Fsp3) is 0.875. The number of rotatable bonds is 3. The second kappa shape index (κ2) is 4.17. The zero-order valence-corrected chi connectivity index (χ0v) is 8.04. The van der Waals surface area contributed by atoms with Gasteiger partial charge in [-0.25, -0.2) is 0 Å². The van der Waals surface area contributed by atoms with E-state index >= 15 is 0 Å². The zero-order chi connectivity index (χ0) is 7.33. The molecule has 1 heteroatoms. The van der Waals surface area contributed by atoms with Crippen LogP contribution in [0.15, 0.2) is 0 Å². The smallest absolute Gasteiger partial charge is 0.0335 e. The summed E-state index contributed by atoms with van der Waals surface area (Å²) in [6.07, 6.45) is 4.18. The van der Waals surface area contributed by atoms with Crippen LogP contribution in [0.3, 0.4) is 0 Å². The Kier molecular flexibility index (Phi) is 4.31. The molecule has 1 unspecified atom stereocenters. The SMILES string of the molecule is CC=P(C)(CC)CCC. The minimum Gasteiger partial charge on any atom is -0.112 e. The van der Waals surface area contributed by atoms with Crippen molar-refractivity contribution in [3.63, 3.8) is 0 Å². The molecule has 0 fully saturated rings. The molecule has 0 aromatic rings. The summed E-state index contributed by atoms with van der Waals surface area (Å²) in [5, 5.41) is 0. The second-order valence-electron chi connectivity index (χ2n) is 2.78. The van der Waals surface area contributed by atoms with E-state index in [9.17, 15) is 0 Å². The van der Waals surface area contributed by atoms with Crippen molar-refractivity contribution in [2.24, 2.45) is 0 Å². The third-order valence-corrected chi connectivity index (χ3v) is 6.24. The number of hydrogen-bond donors (Lipinski definition) is 0. The molecule has 0 nitrogen and oxygen atoms in total. The normalized spacial score (nSPS) is 16.9. The summed E-state index contributed by atoms with van der Waals surface area (Å²) in [5.41, 5.74) is 0. The lowest BCUT2D eigenvalue weighted by Gasteiger charge is -2.16. The topological polar surface area (TPSA) is 0 Å². The van der Waals surface area contributed by atoms with Gasteiger partial charge < -0.3 is 0 Å². The summed E-state index contributed by atoms with van der Waals surface area (Å²) >= 11 is 0. The van der Waals surface area contributed by atoms with Gasteiger partial charge in [0, 0.05) is 0 Å². The van der Waals surface area contributed by atoms with Gasteiger partial charge in [0.05, 0.1) is 0 Å². The van der Waals surface area contributed by atoms with Crippen LogP contribution < -0.4 is 0 Å². The first-order valence-electron chi connectivity index (χ1n) is 3.83. The molecule has 9 heavy (non-hydrogen) atoms. The van der Waals surface area contributed by atoms with Crippen molar-refractivity contribution in [3.05, 3.63) is 0 Å². The summed E-state index contributed by atoms with van der Waals surface area (Å²) in [6.45, 7) is 8.68. The highest BCUT2D eigenvalue weighted by atomic mass is 31.2. The summed E-state index contributed by atoms with van der Waals surface area (Å²) in [6, 6.07) is 0. The van der Waals surface area contributed by atoms with E-state index in [0.717, 1.165) is 0 Å². The molecule has 0 aliphatic rings. The van der Waals surface area contributed by atoms with Crippen LogP contribution in [-0.2, 0) is 0 Å². The van der Waals surface area contributed by atoms with Crippen LogP contribution >= 0.6 is 6.89 Å². The summed E-state index contributed by atoms with van der Waals surface area (Å²) < 4.78 is 0. The molecule has 1 atom stereocenters. The Morgan fingerprint density at radius 3 is 2.00 bits per heavy atom. The molecule has 0 bridgehead atoms. The van der Waals surface area contributed by atoms with Gasteiger partial charge in [-0.15, -0.1) is 6.89 Å². The molecule has 0 aromatic carbocycles. The molecular weight excluding hydrogens is 127 g/mol. The Labute approximate surface area is 59.6 Å². The Morgan fingerprint density at radius 2 is 1.89 bits per heavy atom. The highest BCUT2D eigenvalue weighted by Gasteiger charge is 2.02. The standard InChI is InChI=1S/C8H19P/c1-5-8-9(4,6-2)7-3/h6H,5,7-8H2,1-4H3. The van der Waals surface area contributed by atoms with Crippen molar-refractivity contribution >= 4 is 12.7 Å². The largest absolute Gasteiger partial charge is 0.112 e. The van der Waals surface area contributed by atoms with Gasteiger partial charge in [-0.05, 0) is 25.9 Å². The average Bonchev–Trinajstić information content (AvgIpc) is 1.89. The minimum absolute atomic E-state index is 0.556. The lowest BCUT2D eigenvalue weighted by atomic mass is 10.6. The monoisotopic (exact) mass is 146 g/mol. The van der Waals surface area contributed by atoms with Crippen molar-refractivity contribution in [1.29, 1.82) is 0 Å². The first kappa shape index (κ1) is 9.30. The molecule has 0 aromatic heterocycles. The van der Waals surface area contributed by atoms with E-state index in [4.69, 9.17) is 0 Å². The van der Waals surface area contributed by atoms with Crippen LogP contribution in [0.5, 0.6) is 0 Å². The van der Waals surface area contributed by atoms with Crippen LogP contribution in [0.1, 0.15) is 27.2 Å². The second-order valence-corrected chi connectivity index (χ2v) is 7.33. The predicted octanol–water partition coefficient (Wildman–Crippen LogP) is 2.89. The van der Waals surface area contributed by atoms with E-state index in [1.165, 1.54) is 18.7 Å². The highest BCUT2D eigenvalue weighted by molar-refractivity contribution is 7.74. The van der Waals surface area contributed by atoms with Crippen LogP contribution in [0.2, 0.25) is 0 Å². The molecule has 0 amide bonds. The van der Waals surface area contributed by atoms with Crippen LogP contribution in [0.4, 0.5) is 0 Å². The van der Waals surface area contributed by atoms with Crippen molar-refractivity contribution in [2.75, 3.05) is 19.0 Å². The van der Waals surface area contributed by atoms with E-state index in [1.807, 2.05) is 0 Å². The number of hydrogen-bond acceptors (Lipinski definition) is 0. The Morgan fingerprint density at radius 1 is 1.33 bits per heavy atom. The fourth-order valence-electron chi connectivity index (χ4n) is 0.981. The summed E-state index contributed by atoms with van der Waals surface area (Å²) in [4.78, 5) is 0. The first-order valence-corrected chi connectivity index (χ1v) is 6.51.